The van der Waals surface area contributed by atoms with Crippen LogP contribution in [-0.2, 0) is 20.9 Å². The Balaban J connectivity index is 2.55. The van der Waals surface area contributed by atoms with Crippen molar-refractivity contribution in [1.29, 1.82) is 0 Å². The highest BCUT2D eigenvalue weighted by Gasteiger charge is 2.20. The predicted molar refractivity (Wildman–Crippen MR) is 54.9 cm³/mol. The van der Waals surface area contributed by atoms with Crippen LogP contribution < -0.4 is 5.73 Å². The minimum Gasteiger partial charge on any atom is -0.367 e. The highest BCUT2D eigenvalue weighted by Crippen LogP contribution is 2.03. The average Bonchev–Trinajstić information content (AvgIpc) is 2.18. The largest absolute Gasteiger partial charge is 0.367 e. The molecule has 1 aromatic rings. The van der Waals surface area contributed by atoms with E-state index >= 15 is 0 Å². The van der Waals surface area contributed by atoms with Crippen LogP contribution in [0.3, 0.4) is 0 Å². The Bertz CT molecular complexity index is 334. The summed E-state index contributed by atoms with van der Waals surface area (Å²) in [6.45, 7) is 1.48. The number of ketones is 1. The van der Waals surface area contributed by atoms with Crippen LogP contribution in [0.4, 0.5) is 0 Å². The van der Waals surface area contributed by atoms with Gasteiger partial charge in [-0.1, -0.05) is 30.3 Å². The zero-order chi connectivity index (χ0) is 11.3. The van der Waals surface area contributed by atoms with Crippen molar-refractivity contribution in [3.05, 3.63) is 35.9 Å². The van der Waals surface area contributed by atoms with Gasteiger partial charge in [0.25, 0.3) is 5.91 Å². The first-order valence-corrected chi connectivity index (χ1v) is 4.56. The SMILES string of the molecule is CC(=O)C(OCc1ccccc1)C(N)=O. The number of ether oxygens (including phenoxy) is 1. The molecule has 1 atom stereocenters. The van der Waals surface area contributed by atoms with E-state index in [2.05, 4.69) is 0 Å². The van der Waals surface area contributed by atoms with Crippen molar-refractivity contribution in [1.82, 2.24) is 0 Å². The van der Waals surface area contributed by atoms with Gasteiger partial charge in [-0.05, 0) is 12.5 Å². The summed E-state index contributed by atoms with van der Waals surface area (Å²) in [6, 6.07) is 9.27. The van der Waals surface area contributed by atoms with Gasteiger partial charge in [0.1, 0.15) is 0 Å². The van der Waals surface area contributed by atoms with Crippen molar-refractivity contribution >= 4 is 11.7 Å². The molecule has 80 valence electrons. The Morgan fingerprint density at radius 1 is 1.33 bits per heavy atom. The van der Waals surface area contributed by atoms with Crippen LogP contribution in [0, 0.1) is 0 Å². The van der Waals surface area contributed by atoms with Gasteiger partial charge in [-0.3, -0.25) is 9.59 Å². The molecule has 2 N–H and O–H groups in total. The van der Waals surface area contributed by atoms with Gasteiger partial charge in [0, 0.05) is 0 Å². The lowest BCUT2D eigenvalue weighted by atomic mass is 10.2. The second-order valence-electron chi connectivity index (χ2n) is 3.19. The molecule has 1 amide bonds. The van der Waals surface area contributed by atoms with Gasteiger partial charge < -0.3 is 10.5 Å². The van der Waals surface area contributed by atoms with Gasteiger partial charge in [-0.25, -0.2) is 0 Å². The highest BCUT2D eigenvalue weighted by molar-refractivity contribution is 6.02. The molecular weight excluding hydrogens is 194 g/mol. The molecule has 0 spiro atoms. The number of primary amides is 1. The second kappa shape index (κ2) is 5.26. The zero-order valence-electron chi connectivity index (χ0n) is 8.47. The third-order valence-corrected chi connectivity index (χ3v) is 1.89. The molecule has 1 aromatic carbocycles. The van der Waals surface area contributed by atoms with Crippen molar-refractivity contribution in [2.45, 2.75) is 19.6 Å². The Morgan fingerprint density at radius 3 is 2.40 bits per heavy atom. The van der Waals surface area contributed by atoms with E-state index in [1.807, 2.05) is 30.3 Å². The van der Waals surface area contributed by atoms with Crippen molar-refractivity contribution in [2.75, 3.05) is 0 Å². The van der Waals surface area contributed by atoms with Crippen LogP contribution in [-0.4, -0.2) is 17.8 Å². The average molecular weight is 207 g/mol. The molecule has 0 saturated heterocycles. The van der Waals surface area contributed by atoms with Gasteiger partial charge in [-0.2, -0.15) is 0 Å². The molecule has 4 heteroatoms. The minimum atomic E-state index is -1.15. The summed E-state index contributed by atoms with van der Waals surface area (Å²) < 4.78 is 5.13. The molecule has 0 radical (unpaired) electrons. The summed E-state index contributed by atoms with van der Waals surface area (Å²) in [6.07, 6.45) is -1.15. The molecule has 15 heavy (non-hydrogen) atoms. The minimum absolute atomic E-state index is 0.202. The predicted octanol–water partition coefficient (Wildman–Crippen LogP) is 0.646. The zero-order valence-corrected chi connectivity index (χ0v) is 8.47. The first kappa shape index (κ1) is 11.4. The monoisotopic (exact) mass is 207 g/mol. The quantitative estimate of drug-likeness (QED) is 0.720. The van der Waals surface area contributed by atoms with E-state index in [9.17, 15) is 9.59 Å². The normalized spacial score (nSPS) is 12.1. The second-order valence-corrected chi connectivity index (χ2v) is 3.19. The van der Waals surface area contributed by atoms with Gasteiger partial charge in [0.05, 0.1) is 6.61 Å². The van der Waals surface area contributed by atoms with Crippen LogP contribution >= 0.6 is 0 Å². The number of carbonyl (C=O) groups excluding carboxylic acids is 2. The number of amides is 1. The fourth-order valence-corrected chi connectivity index (χ4v) is 1.15. The van der Waals surface area contributed by atoms with E-state index in [-0.39, 0.29) is 12.4 Å². The molecule has 0 aliphatic carbocycles. The van der Waals surface area contributed by atoms with E-state index < -0.39 is 12.0 Å². The van der Waals surface area contributed by atoms with Gasteiger partial charge in [0.15, 0.2) is 11.9 Å². The fourth-order valence-electron chi connectivity index (χ4n) is 1.15. The van der Waals surface area contributed by atoms with Crippen LogP contribution in [0.15, 0.2) is 30.3 Å². The standard InChI is InChI=1S/C11H13NO3/c1-8(13)10(11(12)14)15-7-9-5-3-2-4-6-9/h2-6,10H,7H2,1H3,(H2,12,14). The third-order valence-electron chi connectivity index (χ3n) is 1.89. The lowest BCUT2D eigenvalue weighted by molar-refractivity contribution is -0.141. The molecule has 0 aliphatic heterocycles. The van der Waals surface area contributed by atoms with Crippen molar-refractivity contribution in [3.8, 4) is 0 Å². The van der Waals surface area contributed by atoms with Crippen molar-refractivity contribution < 1.29 is 14.3 Å². The summed E-state index contributed by atoms with van der Waals surface area (Å²) in [4.78, 5) is 21.8. The molecule has 0 aliphatic rings. The number of benzene rings is 1. The van der Waals surface area contributed by atoms with Crippen molar-refractivity contribution in [2.24, 2.45) is 5.73 Å². The van der Waals surface area contributed by atoms with E-state index in [1.54, 1.807) is 0 Å². The smallest absolute Gasteiger partial charge is 0.254 e. The lowest BCUT2D eigenvalue weighted by Crippen LogP contribution is -2.36. The molecule has 1 rings (SSSR count). The maximum absolute atomic E-state index is 11.0. The Kier molecular flexibility index (Phi) is 4.00. The molecule has 0 heterocycles. The molecule has 4 nitrogen and oxygen atoms in total. The van der Waals surface area contributed by atoms with Crippen LogP contribution in [0.25, 0.3) is 0 Å². The summed E-state index contributed by atoms with van der Waals surface area (Å²) >= 11 is 0. The topological polar surface area (TPSA) is 69.4 Å². The third kappa shape index (κ3) is 3.52. The Hall–Kier alpha value is -1.68. The maximum Gasteiger partial charge on any atom is 0.254 e. The van der Waals surface area contributed by atoms with Crippen molar-refractivity contribution in [3.63, 3.8) is 0 Å². The first-order chi connectivity index (χ1) is 7.11. The maximum atomic E-state index is 11.0. The van der Waals surface area contributed by atoms with Gasteiger partial charge >= 0.3 is 0 Å². The highest BCUT2D eigenvalue weighted by atomic mass is 16.5. The van der Waals surface area contributed by atoms with E-state index in [4.69, 9.17) is 10.5 Å². The molecular formula is C11H13NO3. The van der Waals surface area contributed by atoms with Gasteiger partial charge in [-0.15, -0.1) is 0 Å². The number of carbonyl (C=O) groups is 2. The van der Waals surface area contributed by atoms with Crippen LogP contribution in [0.2, 0.25) is 0 Å². The molecule has 0 bridgehead atoms. The molecule has 1 unspecified atom stereocenters. The van der Waals surface area contributed by atoms with E-state index in [1.165, 1.54) is 6.92 Å². The van der Waals surface area contributed by atoms with Crippen LogP contribution in [0.5, 0.6) is 0 Å². The molecule has 0 fully saturated rings. The lowest BCUT2D eigenvalue weighted by Gasteiger charge is -2.10. The summed E-state index contributed by atoms with van der Waals surface area (Å²) in [7, 11) is 0. The molecule has 0 aromatic heterocycles. The first-order valence-electron chi connectivity index (χ1n) is 4.56. The Labute approximate surface area is 88.0 Å². The molecule has 0 saturated carbocycles. The number of Topliss-reactive ketones (excluding diaryl/α,β-unsaturated/α-hetero) is 1. The summed E-state index contributed by atoms with van der Waals surface area (Å²) in [5.74, 6) is -1.13. The number of hydrogen-bond donors (Lipinski definition) is 1. The van der Waals surface area contributed by atoms with E-state index in [0.29, 0.717) is 0 Å². The summed E-state index contributed by atoms with van der Waals surface area (Å²) in [5.41, 5.74) is 5.91. The number of hydrogen-bond acceptors (Lipinski definition) is 3. The van der Waals surface area contributed by atoms with Crippen LogP contribution in [0.1, 0.15) is 12.5 Å². The van der Waals surface area contributed by atoms with E-state index in [0.717, 1.165) is 5.56 Å². The number of rotatable bonds is 5. The Morgan fingerprint density at radius 2 is 1.93 bits per heavy atom. The number of nitrogens with two attached hydrogens (primary N) is 1. The van der Waals surface area contributed by atoms with Gasteiger partial charge in [0.2, 0.25) is 0 Å². The fraction of sp³-hybridized carbons (Fsp3) is 0.273. The summed E-state index contributed by atoms with van der Waals surface area (Å²) in [5, 5.41) is 0.